The summed E-state index contributed by atoms with van der Waals surface area (Å²) in [5, 5.41) is 9.44. The van der Waals surface area contributed by atoms with Gasteiger partial charge in [-0.2, -0.15) is 0 Å². The lowest BCUT2D eigenvalue weighted by Gasteiger charge is -2.20. The molecule has 1 fully saturated rings. The van der Waals surface area contributed by atoms with Gasteiger partial charge in [0.15, 0.2) is 5.13 Å². The average molecular weight is 245 g/mol. The van der Waals surface area contributed by atoms with Crippen LogP contribution in [-0.2, 0) is 11.4 Å². The van der Waals surface area contributed by atoms with Crippen molar-refractivity contribution in [1.82, 2.24) is 4.98 Å². The Morgan fingerprint density at radius 2 is 2.56 bits per heavy atom. The number of carbonyl (C=O) groups excluding carboxylic acids is 1. The van der Waals surface area contributed by atoms with E-state index in [2.05, 4.69) is 4.98 Å². The first-order valence-electron chi connectivity index (χ1n) is 4.87. The van der Waals surface area contributed by atoms with Crippen LogP contribution in [0.15, 0.2) is 6.20 Å². The van der Waals surface area contributed by atoms with Crippen molar-refractivity contribution in [3.05, 3.63) is 11.1 Å². The lowest BCUT2D eigenvalue weighted by atomic mass is 10.2. The van der Waals surface area contributed by atoms with Crippen LogP contribution >= 0.6 is 11.3 Å². The van der Waals surface area contributed by atoms with Crippen LogP contribution in [0.25, 0.3) is 0 Å². The molecule has 5 nitrogen and oxygen atoms in total. The molecule has 1 aliphatic rings. The topological polar surface area (TPSA) is 79.5 Å². The molecule has 1 aromatic rings. The SMILES string of the molecule is NC(=O)C1C[C@@H](F)CN1c1ncc(CO)s1. The van der Waals surface area contributed by atoms with Crippen LogP contribution in [0.2, 0.25) is 0 Å². The highest BCUT2D eigenvalue weighted by Gasteiger charge is 2.37. The molecule has 1 amide bonds. The van der Waals surface area contributed by atoms with Crippen molar-refractivity contribution in [3.8, 4) is 0 Å². The molecule has 1 unspecified atom stereocenters. The molecule has 2 rings (SSSR count). The summed E-state index contributed by atoms with van der Waals surface area (Å²) in [4.78, 5) is 17.4. The molecule has 7 heteroatoms. The van der Waals surface area contributed by atoms with Gasteiger partial charge in [0.2, 0.25) is 5.91 Å². The number of hydrogen-bond donors (Lipinski definition) is 2. The van der Waals surface area contributed by atoms with Crippen LogP contribution in [-0.4, -0.2) is 34.8 Å². The van der Waals surface area contributed by atoms with E-state index in [9.17, 15) is 9.18 Å². The first-order chi connectivity index (χ1) is 7.61. The molecule has 0 bridgehead atoms. The van der Waals surface area contributed by atoms with Gasteiger partial charge in [0.1, 0.15) is 12.2 Å². The molecular formula is C9H12FN3O2S. The Bertz CT molecular complexity index is 398. The van der Waals surface area contributed by atoms with E-state index in [4.69, 9.17) is 10.8 Å². The van der Waals surface area contributed by atoms with Crippen LogP contribution in [0, 0.1) is 0 Å². The van der Waals surface area contributed by atoms with Gasteiger partial charge in [0.05, 0.1) is 18.0 Å². The Morgan fingerprint density at radius 1 is 1.81 bits per heavy atom. The molecule has 3 N–H and O–H groups in total. The number of nitrogens with two attached hydrogens (primary N) is 1. The number of thiazole rings is 1. The highest BCUT2D eigenvalue weighted by molar-refractivity contribution is 7.15. The Morgan fingerprint density at radius 3 is 3.12 bits per heavy atom. The third-order valence-corrected chi connectivity index (χ3v) is 3.54. The number of amides is 1. The second-order valence-corrected chi connectivity index (χ2v) is 4.76. The van der Waals surface area contributed by atoms with E-state index >= 15 is 0 Å². The average Bonchev–Trinajstić information content (AvgIpc) is 2.82. The zero-order valence-electron chi connectivity index (χ0n) is 8.47. The Kier molecular flexibility index (Phi) is 3.06. The molecule has 0 radical (unpaired) electrons. The summed E-state index contributed by atoms with van der Waals surface area (Å²) in [7, 11) is 0. The van der Waals surface area contributed by atoms with Gasteiger partial charge in [-0.1, -0.05) is 11.3 Å². The molecule has 16 heavy (non-hydrogen) atoms. The monoisotopic (exact) mass is 245 g/mol. The number of rotatable bonds is 3. The minimum absolute atomic E-state index is 0.105. The summed E-state index contributed by atoms with van der Waals surface area (Å²) >= 11 is 1.24. The van der Waals surface area contributed by atoms with Gasteiger partial charge in [-0.05, 0) is 0 Å². The van der Waals surface area contributed by atoms with E-state index in [1.165, 1.54) is 17.5 Å². The summed E-state index contributed by atoms with van der Waals surface area (Å²) in [5.41, 5.74) is 5.21. The third-order valence-electron chi connectivity index (χ3n) is 2.52. The quantitative estimate of drug-likeness (QED) is 0.788. The number of anilines is 1. The van der Waals surface area contributed by atoms with Crippen LogP contribution in [0.3, 0.4) is 0 Å². The number of hydrogen-bond acceptors (Lipinski definition) is 5. The highest BCUT2D eigenvalue weighted by Crippen LogP contribution is 2.30. The molecule has 1 aromatic heterocycles. The van der Waals surface area contributed by atoms with Gasteiger partial charge >= 0.3 is 0 Å². The van der Waals surface area contributed by atoms with Gasteiger partial charge in [-0.25, -0.2) is 9.37 Å². The number of aliphatic hydroxyl groups excluding tert-OH is 1. The van der Waals surface area contributed by atoms with Crippen molar-refractivity contribution in [2.24, 2.45) is 5.73 Å². The lowest BCUT2D eigenvalue weighted by Crippen LogP contribution is -2.40. The molecule has 88 valence electrons. The fourth-order valence-corrected chi connectivity index (χ4v) is 2.60. The van der Waals surface area contributed by atoms with Crippen molar-refractivity contribution in [1.29, 1.82) is 0 Å². The number of nitrogens with zero attached hydrogens (tertiary/aromatic N) is 2. The van der Waals surface area contributed by atoms with E-state index in [0.29, 0.717) is 10.0 Å². The van der Waals surface area contributed by atoms with Gasteiger partial charge < -0.3 is 15.7 Å². The van der Waals surface area contributed by atoms with E-state index < -0.39 is 18.1 Å². The summed E-state index contributed by atoms with van der Waals surface area (Å²) in [6.07, 6.45) is 0.575. The Balaban J connectivity index is 2.21. The normalized spacial score (nSPS) is 25.0. The second-order valence-electron chi connectivity index (χ2n) is 3.67. The Hall–Kier alpha value is -1.21. The van der Waals surface area contributed by atoms with E-state index in [1.54, 1.807) is 4.90 Å². The fourth-order valence-electron chi connectivity index (χ4n) is 1.77. The predicted molar refractivity (Wildman–Crippen MR) is 57.9 cm³/mol. The number of primary amides is 1. The van der Waals surface area contributed by atoms with Gasteiger partial charge in [-0.15, -0.1) is 0 Å². The minimum Gasteiger partial charge on any atom is -0.391 e. The summed E-state index contributed by atoms with van der Waals surface area (Å²) in [6, 6.07) is -0.632. The highest BCUT2D eigenvalue weighted by atomic mass is 32.1. The van der Waals surface area contributed by atoms with E-state index in [0.717, 1.165) is 0 Å². The predicted octanol–water partition coefficient (Wildman–Crippen LogP) is 0.0375. The molecule has 0 spiro atoms. The zero-order chi connectivity index (χ0) is 11.7. The lowest BCUT2D eigenvalue weighted by molar-refractivity contribution is -0.119. The smallest absolute Gasteiger partial charge is 0.240 e. The third kappa shape index (κ3) is 2.00. The van der Waals surface area contributed by atoms with Crippen molar-refractivity contribution < 1.29 is 14.3 Å². The van der Waals surface area contributed by atoms with Crippen LogP contribution in [0.4, 0.5) is 9.52 Å². The van der Waals surface area contributed by atoms with Gasteiger partial charge in [0.25, 0.3) is 0 Å². The number of alkyl halides is 1. The number of aromatic nitrogens is 1. The first kappa shape index (κ1) is 11.3. The van der Waals surface area contributed by atoms with Crippen LogP contribution in [0.5, 0.6) is 0 Å². The molecular weight excluding hydrogens is 233 g/mol. The standard InChI is InChI=1S/C9H12FN3O2S/c10-5-1-7(8(11)15)13(3-5)9-12-2-6(4-14)16-9/h2,5,7,14H,1,3-4H2,(H2,11,15)/t5-,7?/m1/s1. The molecule has 1 saturated heterocycles. The zero-order valence-corrected chi connectivity index (χ0v) is 9.28. The van der Waals surface area contributed by atoms with E-state index in [-0.39, 0.29) is 19.6 Å². The van der Waals surface area contributed by atoms with Crippen LogP contribution in [0.1, 0.15) is 11.3 Å². The molecule has 0 aliphatic carbocycles. The maximum absolute atomic E-state index is 13.2. The minimum atomic E-state index is -1.06. The number of halogens is 1. The summed E-state index contributed by atoms with van der Waals surface area (Å²) < 4.78 is 13.2. The van der Waals surface area contributed by atoms with Crippen molar-refractivity contribution in [3.63, 3.8) is 0 Å². The van der Waals surface area contributed by atoms with Crippen LogP contribution < -0.4 is 10.6 Å². The molecule has 2 atom stereocenters. The molecule has 2 heterocycles. The second kappa shape index (κ2) is 4.34. The maximum atomic E-state index is 13.2. The van der Waals surface area contributed by atoms with Gasteiger partial charge in [0, 0.05) is 12.6 Å². The maximum Gasteiger partial charge on any atom is 0.240 e. The van der Waals surface area contributed by atoms with E-state index in [1.807, 2.05) is 0 Å². The first-order valence-corrected chi connectivity index (χ1v) is 5.69. The van der Waals surface area contributed by atoms with Crippen molar-refractivity contribution >= 4 is 22.4 Å². The Labute approximate surface area is 95.7 Å². The summed E-state index contributed by atoms with van der Waals surface area (Å²) in [5.74, 6) is -0.541. The number of aliphatic hydroxyl groups is 1. The van der Waals surface area contributed by atoms with Crippen molar-refractivity contribution in [2.75, 3.05) is 11.4 Å². The number of carbonyl (C=O) groups is 1. The molecule has 0 saturated carbocycles. The molecule has 1 aliphatic heterocycles. The fraction of sp³-hybridized carbons (Fsp3) is 0.556. The largest absolute Gasteiger partial charge is 0.391 e. The summed E-state index contributed by atoms with van der Waals surface area (Å²) in [6.45, 7) is 0.0256. The van der Waals surface area contributed by atoms with Gasteiger partial charge in [-0.3, -0.25) is 4.79 Å². The molecule has 0 aromatic carbocycles. The van der Waals surface area contributed by atoms with Crippen molar-refractivity contribution in [2.45, 2.75) is 25.2 Å².